The number of hydrogen-bond acceptors (Lipinski definition) is 3. The lowest BCUT2D eigenvalue weighted by molar-refractivity contribution is 0.0951. The highest BCUT2D eigenvalue weighted by Gasteiger charge is 2.16. The lowest BCUT2D eigenvalue weighted by Crippen LogP contribution is -2.33. The molecule has 1 aliphatic rings. The van der Waals surface area contributed by atoms with E-state index in [2.05, 4.69) is 29.3 Å². The average Bonchev–Trinajstić information content (AvgIpc) is 2.67. The van der Waals surface area contributed by atoms with Crippen LogP contribution in [0.4, 0.5) is 0 Å². The minimum atomic E-state index is -0.0411. The van der Waals surface area contributed by atoms with Crippen molar-refractivity contribution < 1.29 is 9.53 Å². The Bertz CT molecular complexity index is 753. The van der Waals surface area contributed by atoms with Crippen molar-refractivity contribution in [2.75, 3.05) is 13.1 Å². The summed E-state index contributed by atoms with van der Waals surface area (Å²) in [5.74, 6) is 1.59. The minimum absolute atomic E-state index is 0.0411. The van der Waals surface area contributed by atoms with E-state index >= 15 is 0 Å². The van der Waals surface area contributed by atoms with Gasteiger partial charge in [0.15, 0.2) is 0 Å². The number of amides is 1. The van der Waals surface area contributed by atoms with Crippen LogP contribution in [-0.2, 0) is 13.1 Å². The van der Waals surface area contributed by atoms with E-state index in [0.29, 0.717) is 12.1 Å². The van der Waals surface area contributed by atoms with Gasteiger partial charge in [-0.2, -0.15) is 0 Å². The zero-order valence-electron chi connectivity index (χ0n) is 17.3. The summed E-state index contributed by atoms with van der Waals surface area (Å²) >= 11 is 0. The molecule has 1 atom stereocenters. The van der Waals surface area contributed by atoms with Crippen LogP contribution in [0.15, 0.2) is 48.5 Å². The number of rotatable bonds is 7. The monoisotopic (exact) mass is 380 g/mol. The van der Waals surface area contributed by atoms with E-state index < -0.39 is 0 Å². The number of hydrogen-bond donors (Lipinski definition) is 1. The van der Waals surface area contributed by atoms with Crippen molar-refractivity contribution in [3.8, 4) is 5.75 Å². The van der Waals surface area contributed by atoms with Crippen molar-refractivity contribution in [2.45, 2.75) is 52.8 Å². The molecule has 0 bridgehead atoms. The number of carbonyl (C=O) groups excluding carboxylic acids is 1. The van der Waals surface area contributed by atoms with E-state index in [0.717, 1.165) is 23.8 Å². The highest BCUT2D eigenvalue weighted by Crippen LogP contribution is 2.18. The fourth-order valence-corrected chi connectivity index (χ4v) is 3.69. The molecule has 150 valence electrons. The molecular formula is C24H32N2O2. The minimum Gasteiger partial charge on any atom is -0.491 e. The fourth-order valence-electron chi connectivity index (χ4n) is 3.69. The Morgan fingerprint density at radius 1 is 1.11 bits per heavy atom. The maximum atomic E-state index is 12.4. The lowest BCUT2D eigenvalue weighted by atomic mass is 9.99. The molecule has 0 aromatic heterocycles. The molecule has 0 aliphatic carbocycles. The number of nitrogens with one attached hydrogen (secondary N) is 1. The van der Waals surface area contributed by atoms with Crippen molar-refractivity contribution >= 4 is 5.91 Å². The first-order valence-corrected chi connectivity index (χ1v) is 10.3. The van der Waals surface area contributed by atoms with Crippen molar-refractivity contribution in [1.82, 2.24) is 10.2 Å². The Balaban J connectivity index is 1.49. The SMILES string of the molecule is CC1CCCN(Cc2ccc(C(=O)NCc3ccc(OC(C)C)cc3)cc2)C1. The third-order valence-electron chi connectivity index (χ3n) is 5.11. The van der Waals surface area contributed by atoms with E-state index in [1.807, 2.05) is 50.2 Å². The Morgan fingerprint density at radius 2 is 1.79 bits per heavy atom. The molecule has 3 rings (SSSR count). The second kappa shape index (κ2) is 9.74. The predicted octanol–water partition coefficient (Wildman–Crippen LogP) is 4.64. The quantitative estimate of drug-likeness (QED) is 0.761. The molecule has 4 nitrogen and oxygen atoms in total. The third kappa shape index (κ3) is 6.10. The number of nitrogens with zero attached hydrogens (tertiary/aromatic N) is 1. The molecule has 2 aromatic carbocycles. The van der Waals surface area contributed by atoms with Crippen LogP contribution in [0, 0.1) is 5.92 Å². The summed E-state index contributed by atoms with van der Waals surface area (Å²) in [6.45, 7) is 10.2. The second-order valence-corrected chi connectivity index (χ2v) is 8.17. The van der Waals surface area contributed by atoms with Gasteiger partial charge < -0.3 is 10.1 Å². The van der Waals surface area contributed by atoms with Gasteiger partial charge >= 0.3 is 0 Å². The van der Waals surface area contributed by atoms with Gasteiger partial charge in [0.05, 0.1) is 6.10 Å². The molecule has 1 N–H and O–H groups in total. The van der Waals surface area contributed by atoms with Crippen LogP contribution in [0.1, 0.15) is 55.1 Å². The van der Waals surface area contributed by atoms with E-state index in [-0.39, 0.29) is 12.0 Å². The number of ether oxygens (including phenoxy) is 1. The van der Waals surface area contributed by atoms with E-state index in [1.165, 1.54) is 31.5 Å². The molecule has 1 aliphatic heterocycles. The summed E-state index contributed by atoms with van der Waals surface area (Å²) in [7, 11) is 0. The van der Waals surface area contributed by atoms with Gasteiger partial charge in [-0.25, -0.2) is 0 Å². The zero-order valence-corrected chi connectivity index (χ0v) is 17.3. The zero-order chi connectivity index (χ0) is 19.9. The number of benzene rings is 2. The maximum absolute atomic E-state index is 12.4. The van der Waals surface area contributed by atoms with Crippen molar-refractivity contribution in [3.63, 3.8) is 0 Å². The maximum Gasteiger partial charge on any atom is 0.251 e. The molecular weight excluding hydrogens is 348 g/mol. The van der Waals surface area contributed by atoms with Gasteiger partial charge in [-0.1, -0.05) is 31.2 Å². The molecule has 0 radical (unpaired) electrons. The van der Waals surface area contributed by atoms with Crippen LogP contribution in [0.3, 0.4) is 0 Å². The first kappa shape index (κ1) is 20.4. The first-order chi connectivity index (χ1) is 13.5. The molecule has 1 unspecified atom stereocenters. The van der Waals surface area contributed by atoms with Crippen molar-refractivity contribution in [3.05, 3.63) is 65.2 Å². The molecule has 1 saturated heterocycles. The second-order valence-electron chi connectivity index (χ2n) is 8.17. The largest absolute Gasteiger partial charge is 0.491 e. The highest BCUT2D eigenvalue weighted by molar-refractivity contribution is 5.94. The van der Waals surface area contributed by atoms with Crippen LogP contribution < -0.4 is 10.1 Å². The van der Waals surface area contributed by atoms with Gasteiger partial charge in [0.1, 0.15) is 5.75 Å². The van der Waals surface area contributed by atoms with Gasteiger partial charge in [0.2, 0.25) is 0 Å². The van der Waals surface area contributed by atoms with Gasteiger partial charge in [-0.05, 0) is 74.5 Å². The van der Waals surface area contributed by atoms with Crippen LogP contribution in [0.5, 0.6) is 5.75 Å². The van der Waals surface area contributed by atoms with E-state index in [1.54, 1.807) is 0 Å². The van der Waals surface area contributed by atoms with Crippen LogP contribution >= 0.6 is 0 Å². The lowest BCUT2D eigenvalue weighted by Gasteiger charge is -2.30. The Morgan fingerprint density at radius 3 is 2.43 bits per heavy atom. The van der Waals surface area contributed by atoms with Crippen molar-refractivity contribution in [1.29, 1.82) is 0 Å². The number of carbonyl (C=O) groups is 1. The number of likely N-dealkylation sites (tertiary alicyclic amines) is 1. The van der Waals surface area contributed by atoms with Gasteiger partial charge in [-0.15, -0.1) is 0 Å². The Kier molecular flexibility index (Phi) is 7.10. The molecule has 4 heteroatoms. The Hall–Kier alpha value is -2.33. The molecule has 0 spiro atoms. The topological polar surface area (TPSA) is 41.6 Å². The molecule has 1 amide bonds. The Labute approximate surface area is 168 Å². The summed E-state index contributed by atoms with van der Waals surface area (Å²) < 4.78 is 5.64. The molecule has 2 aromatic rings. The summed E-state index contributed by atoms with van der Waals surface area (Å²) in [4.78, 5) is 14.9. The average molecular weight is 381 g/mol. The highest BCUT2D eigenvalue weighted by atomic mass is 16.5. The molecule has 0 saturated carbocycles. The number of piperidine rings is 1. The van der Waals surface area contributed by atoms with Crippen LogP contribution in [0.25, 0.3) is 0 Å². The summed E-state index contributed by atoms with van der Waals surface area (Å²) in [6.07, 6.45) is 2.78. The predicted molar refractivity (Wildman–Crippen MR) is 113 cm³/mol. The van der Waals surface area contributed by atoms with Gasteiger partial charge in [0, 0.05) is 25.2 Å². The molecule has 1 fully saturated rings. The molecule has 28 heavy (non-hydrogen) atoms. The van der Waals surface area contributed by atoms with Gasteiger partial charge in [-0.3, -0.25) is 9.69 Å². The standard InChI is InChI=1S/C24H32N2O2/c1-18(2)28-23-12-8-20(9-13-23)15-25-24(27)22-10-6-21(7-11-22)17-26-14-4-5-19(3)16-26/h6-13,18-19H,4-5,14-17H2,1-3H3,(H,25,27). The van der Waals surface area contributed by atoms with Crippen LogP contribution in [-0.4, -0.2) is 30.0 Å². The fraction of sp³-hybridized carbons (Fsp3) is 0.458. The third-order valence-corrected chi connectivity index (χ3v) is 5.11. The molecule has 1 heterocycles. The summed E-state index contributed by atoms with van der Waals surface area (Å²) in [5.41, 5.74) is 3.03. The normalized spacial score (nSPS) is 17.5. The van der Waals surface area contributed by atoms with E-state index in [4.69, 9.17) is 4.74 Å². The van der Waals surface area contributed by atoms with Crippen LogP contribution in [0.2, 0.25) is 0 Å². The van der Waals surface area contributed by atoms with E-state index in [9.17, 15) is 4.79 Å². The summed E-state index contributed by atoms with van der Waals surface area (Å²) in [5, 5.41) is 2.99. The summed E-state index contributed by atoms with van der Waals surface area (Å²) in [6, 6.07) is 15.9. The van der Waals surface area contributed by atoms with Crippen molar-refractivity contribution in [2.24, 2.45) is 5.92 Å². The van der Waals surface area contributed by atoms with Gasteiger partial charge in [0.25, 0.3) is 5.91 Å². The first-order valence-electron chi connectivity index (χ1n) is 10.3. The smallest absolute Gasteiger partial charge is 0.251 e.